The Balaban J connectivity index is 2.50. The van der Waals surface area contributed by atoms with Gasteiger partial charge in [0.25, 0.3) is 0 Å². The molecule has 0 aliphatic heterocycles. The monoisotopic (exact) mass is 929 g/mol. The minimum absolute atomic E-state index is 0.0136. The molecule has 7 atom stereocenters. The Labute approximate surface area is 371 Å². The molecular weight excluding hydrogens is 846 g/mol. The second-order valence-corrected chi connectivity index (χ2v) is 19.5. The van der Waals surface area contributed by atoms with Crippen molar-refractivity contribution in [2.24, 2.45) is 11.8 Å². The lowest BCUT2D eigenvalue weighted by atomic mass is 9.88. The van der Waals surface area contributed by atoms with Crippen LogP contribution in [0.15, 0.2) is 12.2 Å². The minimum Gasteiger partial charge on any atom is -0.462 e. The molecule has 1 saturated carbocycles. The summed E-state index contributed by atoms with van der Waals surface area (Å²) in [5.74, 6) is -1.82. The highest BCUT2D eigenvalue weighted by Gasteiger charge is 2.39. The molecule has 16 nitrogen and oxygen atoms in total. The second-order valence-electron chi connectivity index (χ2n) is 16.8. The number of aliphatic hydroxyl groups is 3. The molecule has 0 bridgehead atoms. The van der Waals surface area contributed by atoms with E-state index in [2.05, 4.69) is 22.9 Å². The van der Waals surface area contributed by atoms with Gasteiger partial charge in [0, 0.05) is 31.1 Å². The Bertz CT molecular complexity index is 1310. The Hall–Kier alpha value is -1.55. The van der Waals surface area contributed by atoms with Gasteiger partial charge in [-0.1, -0.05) is 154 Å². The number of Topliss-reactive ketones (excluding diaryl/α,β-unsaturated/α-hetero) is 1. The number of hydrogen-bond acceptors (Lipinski definition) is 13. The summed E-state index contributed by atoms with van der Waals surface area (Å²) >= 11 is 0. The lowest BCUT2D eigenvalue weighted by Gasteiger charge is -2.20. The number of rotatable bonds is 41. The van der Waals surface area contributed by atoms with Crippen molar-refractivity contribution in [3.8, 4) is 0 Å². The molecule has 0 aromatic heterocycles. The maximum Gasteiger partial charge on any atom is 0.472 e. The van der Waals surface area contributed by atoms with Gasteiger partial charge in [0.15, 0.2) is 6.10 Å². The SMILES string of the molecule is CCCCCCCCCCCCCCCCCC(=O)O[C@H](COC(=O)CCCCCC[C@H]1C(=O)C[C@@H](O)[C@@H]1/C=C/[C@@H](O)CCCCC)COP(=O)(O)OC[C@@H](O)COP(=O)(O)O. The third-order valence-corrected chi connectivity index (χ3v) is 12.5. The standard InChI is InChI=1S/C44H82O16P2/c1-3-5-7-8-9-10-11-12-13-14-15-16-17-18-24-28-44(50)60-38(35-59-62(54,55)58-33-37(46)32-57-61(51,52)53)34-56-43(49)27-23-20-19-22-26-39-40(42(48)31-41(39)47)30-29-36(45)25-21-6-4-2/h29-30,36-40,42,45-46,48H,3-28,31-35H2,1-2H3,(H,54,55)(H2,51,52,53)/b30-29+/t36-,37-,38+,39+,40+,42+/m0/s1. The average molecular weight is 929 g/mol. The fraction of sp³-hybridized carbons (Fsp3) is 0.886. The van der Waals surface area contributed by atoms with Gasteiger partial charge >= 0.3 is 27.6 Å². The van der Waals surface area contributed by atoms with E-state index in [0.717, 1.165) is 51.4 Å². The van der Waals surface area contributed by atoms with Crippen molar-refractivity contribution in [2.75, 3.05) is 26.4 Å². The number of carbonyl (C=O) groups is 3. The van der Waals surface area contributed by atoms with Gasteiger partial charge in [-0.3, -0.25) is 28.0 Å². The van der Waals surface area contributed by atoms with Gasteiger partial charge in [0.1, 0.15) is 18.5 Å². The van der Waals surface area contributed by atoms with Gasteiger partial charge in [-0.2, -0.15) is 0 Å². The first-order valence-corrected chi connectivity index (χ1v) is 26.5. The number of carbonyl (C=O) groups excluding carboxylic acids is 3. The highest BCUT2D eigenvalue weighted by Crippen LogP contribution is 2.44. The summed E-state index contributed by atoms with van der Waals surface area (Å²) in [5.41, 5.74) is 0. The molecule has 0 aromatic rings. The normalized spacial score (nSPS) is 19.4. The van der Waals surface area contributed by atoms with Gasteiger partial charge in [-0.25, -0.2) is 9.13 Å². The lowest BCUT2D eigenvalue weighted by molar-refractivity contribution is -0.161. The number of phosphoric acid groups is 2. The number of aliphatic hydroxyl groups excluding tert-OH is 3. The average Bonchev–Trinajstić information content (AvgIpc) is 3.49. The molecule has 1 aliphatic carbocycles. The molecule has 0 heterocycles. The molecule has 0 saturated heterocycles. The Kier molecular flexibility index (Phi) is 33.6. The van der Waals surface area contributed by atoms with Crippen molar-refractivity contribution in [3.05, 3.63) is 12.2 Å². The van der Waals surface area contributed by atoms with Crippen molar-refractivity contribution in [3.63, 3.8) is 0 Å². The summed E-state index contributed by atoms with van der Waals surface area (Å²) in [7, 11) is -9.75. The van der Waals surface area contributed by atoms with Crippen LogP contribution in [0.25, 0.3) is 0 Å². The van der Waals surface area contributed by atoms with Crippen LogP contribution in [-0.2, 0) is 46.6 Å². The van der Waals surface area contributed by atoms with Crippen molar-refractivity contribution in [1.29, 1.82) is 0 Å². The van der Waals surface area contributed by atoms with Crippen LogP contribution in [0.3, 0.4) is 0 Å². The number of hydrogen-bond donors (Lipinski definition) is 6. The molecule has 0 radical (unpaired) electrons. The zero-order valence-electron chi connectivity index (χ0n) is 37.7. The Morgan fingerprint density at radius 2 is 1.15 bits per heavy atom. The van der Waals surface area contributed by atoms with E-state index in [1.165, 1.54) is 64.2 Å². The smallest absolute Gasteiger partial charge is 0.462 e. The van der Waals surface area contributed by atoms with Crippen molar-refractivity contribution in [2.45, 2.75) is 212 Å². The predicted octanol–water partition coefficient (Wildman–Crippen LogP) is 8.71. The maximum atomic E-state index is 12.7. The van der Waals surface area contributed by atoms with Crippen LogP contribution < -0.4 is 0 Å². The molecule has 1 fully saturated rings. The highest BCUT2D eigenvalue weighted by molar-refractivity contribution is 7.47. The first kappa shape index (κ1) is 58.5. The highest BCUT2D eigenvalue weighted by atomic mass is 31.2. The molecule has 0 aromatic carbocycles. The van der Waals surface area contributed by atoms with E-state index in [4.69, 9.17) is 23.8 Å². The largest absolute Gasteiger partial charge is 0.472 e. The van der Waals surface area contributed by atoms with Crippen molar-refractivity contribution < 1.29 is 76.6 Å². The van der Waals surface area contributed by atoms with Crippen LogP contribution in [0.4, 0.5) is 0 Å². The zero-order valence-corrected chi connectivity index (χ0v) is 39.5. The third kappa shape index (κ3) is 32.2. The van der Waals surface area contributed by atoms with Crippen LogP contribution in [0, 0.1) is 11.8 Å². The molecule has 364 valence electrons. The van der Waals surface area contributed by atoms with E-state index < -0.39 is 78.4 Å². The van der Waals surface area contributed by atoms with Gasteiger partial charge in [0.05, 0.1) is 32.0 Å². The fourth-order valence-corrected chi connectivity index (χ4v) is 8.58. The third-order valence-electron chi connectivity index (χ3n) is 11.0. The van der Waals surface area contributed by atoms with E-state index in [0.29, 0.717) is 38.5 Å². The first-order valence-electron chi connectivity index (χ1n) is 23.5. The maximum absolute atomic E-state index is 12.7. The fourth-order valence-electron chi connectivity index (χ4n) is 7.42. The summed E-state index contributed by atoms with van der Waals surface area (Å²) in [5, 5.41) is 30.5. The minimum atomic E-state index is -4.89. The van der Waals surface area contributed by atoms with Gasteiger partial charge in [0.2, 0.25) is 0 Å². The topological polar surface area (TPSA) is 253 Å². The van der Waals surface area contributed by atoms with E-state index in [1.807, 2.05) is 0 Å². The molecule has 0 amide bonds. The number of phosphoric ester groups is 2. The Morgan fingerprint density at radius 3 is 1.71 bits per heavy atom. The molecule has 62 heavy (non-hydrogen) atoms. The molecular formula is C44H82O16P2. The number of unbranched alkanes of at least 4 members (excludes halogenated alkanes) is 19. The van der Waals surface area contributed by atoms with Crippen molar-refractivity contribution >= 4 is 33.4 Å². The van der Waals surface area contributed by atoms with E-state index >= 15 is 0 Å². The van der Waals surface area contributed by atoms with Crippen molar-refractivity contribution in [1.82, 2.24) is 0 Å². The van der Waals surface area contributed by atoms with Crippen LogP contribution in [-0.4, -0.2) is 98.6 Å². The molecule has 6 N–H and O–H groups in total. The number of esters is 2. The van der Waals surface area contributed by atoms with Gasteiger partial charge in [-0.05, 0) is 25.7 Å². The van der Waals surface area contributed by atoms with E-state index in [1.54, 1.807) is 12.2 Å². The first-order chi connectivity index (χ1) is 29.6. The Morgan fingerprint density at radius 1 is 0.661 bits per heavy atom. The van der Waals surface area contributed by atoms with Crippen LogP contribution in [0.1, 0.15) is 187 Å². The van der Waals surface area contributed by atoms with Crippen LogP contribution in [0.2, 0.25) is 0 Å². The molecule has 18 heteroatoms. The van der Waals surface area contributed by atoms with E-state index in [-0.39, 0.29) is 36.9 Å². The van der Waals surface area contributed by atoms with E-state index in [9.17, 15) is 43.7 Å². The summed E-state index contributed by atoms with van der Waals surface area (Å²) in [4.78, 5) is 65.6. The zero-order chi connectivity index (χ0) is 46.1. The second kappa shape index (κ2) is 35.7. The summed E-state index contributed by atoms with van der Waals surface area (Å²) in [6.07, 6.45) is 23.8. The predicted molar refractivity (Wildman–Crippen MR) is 236 cm³/mol. The van der Waals surface area contributed by atoms with Crippen LogP contribution >= 0.6 is 15.6 Å². The summed E-state index contributed by atoms with van der Waals surface area (Å²) in [6, 6.07) is 0. The summed E-state index contributed by atoms with van der Waals surface area (Å²) < 4.78 is 47.8. The quantitative estimate of drug-likeness (QED) is 0.0145. The molecule has 0 spiro atoms. The van der Waals surface area contributed by atoms with Gasteiger partial charge in [-0.15, -0.1) is 0 Å². The molecule has 1 unspecified atom stereocenters. The number of ether oxygens (including phenoxy) is 2. The lowest BCUT2D eigenvalue weighted by Crippen LogP contribution is -2.30. The summed E-state index contributed by atoms with van der Waals surface area (Å²) in [6.45, 7) is 1.42. The van der Waals surface area contributed by atoms with Gasteiger partial charge < -0.3 is 39.5 Å². The number of ketones is 1. The molecule has 1 rings (SSSR count). The van der Waals surface area contributed by atoms with Crippen LogP contribution in [0.5, 0.6) is 0 Å². The molecule has 1 aliphatic rings.